The van der Waals surface area contributed by atoms with Crippen molar-refractivity contribution in [3.8, 4) is 11.5 Å². The molecule has 0 aliphatic rings. The lowest BCUT2D eigenvalue weighted by Crippen LogP contribution is -2.26. The SMILES string of the molecule is COc1ccc(CCNC(=O)c2oc3ccccc3c2CSc2nc(C)cs2)cc1OC. The van der Waals surface area contributed by atoms with Gasteiger partial charge in [-0.15, -0.1) is 11.3 Å². The normalized spacial score (nSPS) is 11.0. The predicted octanol–water partition coefficient (Wildman–Crippen LogP) is 5.48. The van der Waals surface area contributed by atoms with Gasteiger partial charge in [-0.25, -0.2) is 4.98 Å². The second kappa shape index (κ2) is 10.1. The van der Waals surface area contributed by atoms with Gasteiger partial charge in [-0.2, -0.15) is 0 Å². The van der Waals surface area contributed by atoms with Crippen LogP contribution in [-0.4, -0.2) is 31.7 Å². The number of methoxy groups -OCH3 is 2. The quantitative estimate of drug-likeness (QED) is 0.328. The van der Waals surface area contributed by atoms with E-state index >= 15 is 0 Å². The molecule has 0 atom stereocenters. The fourth-order valence-corrected chi connectivity index (χ4v) is 5.27. The van der Waals surface area contributed by atoms with E-state index in [-0.39, 0.29) is 5.91 Å². The van der Waals surface area contributed by atoms with Crippen LogP contribution in [-0.2, 0) is 12.2 Å². The lowest BCUT2D eigenvalue weighted by molar-refractivity contribution is 0.0927. The monoisotopic (exact) mass is 468 g/mol. The highest BCUT2D eigenvalue weighted by Crippen LogP contribution is 2.33. The molecule has 6 nitrogen and oxygen atoms in total. The number of fused-ring (bicyclic) bond motifs is 1. The van der Waals surface area contributed by atoms with Gasteiger partial charge in [0.1, 0.15) is 9.92 Å². The number of carbonyl (C=O) groups excluding carboxylic acids is 1. The number of rotatable bonds is 9. The number of para-hydroxylation sites is 1. The Kier molecular flexibility index (Phi) is 7.02. The maximum atomic E-state index is 13.0. The van der Waals surface area contributed by atoms with Crippen LogP contribution in [0.15, 0.2) is 56.6 Å². The number of benzene rings is 2. The largest absolute Gasteiger partial charge is 0.493 e. The van der Waals surface area contributed by atoms with E-state index in [1.807, 2.05) is 54.8 Å². The van der Waals surface area contributed by atoms with E-state index in [1.54, 1.807) is 37.3 Å². The van der Waals surface area contributed by atoms with Crippen LogP contribution in [0, 0.1) is 6.92 Å². The molecule has 4 aromatic rings. The summed E-state index contributed by atoms with van der Waals surface area (Å²) in [5, 5.41) is 5.97. The van der Waals surface area contributed by atoms with Gasteiger partial charge in [0.25, 0.3) is 5.91 Å². The Morgan fingerprint density at radius 1 is 1.16 bits per heavy atom. The maximum absolute atomic E-state index is 13.0. The fraction of sp³-hybridized carbons (Fsp3) is 0.250. The number of amides is 1. The molecule has 2 aromatic carbocycles. The molecular weight excluding hydrogens is 444 g/mol. The van der Waals surface area contributed by atoms with Crippen molar-refractivity contribution in [3.05, 3.63) is 70.4 Å². The molecule has 0 saturated carbocycles. The zero-order valence-electron chi connectivity index (χ0n) is 18.1. The number of thiazole rings is 1. The smallest absolute Gasteiger partial charge is 0.287 e. The summed E-state index contributed by atoms with van der Waals surface area (Å²) in [6, 6.07) is 13.5. The first-order chi connectivity index (χ1) is 15.6. The van der Waals surface area contributed by atoms with Crippen molar-refractivity contribution in [3.63, 3.8) is 0 Å². The summed E-state index contributed by atoms with van der Waals surface area (Å²) in [6.45, 7) is 2.45. The van der Waals surface area contributed by atoms with Crippen molar-refractivity contribution in [2.45, 2.75) is 23.4 Å². The summed E-state index contributed by atoms with van der Waals surface area (Å²) in [4.78, 5) is 17.5. The number of ether oxygens (including phenoxy) is 2. The van der Waals surface area contributed by atoms with E-state index in [1.165, 1.54) is 0 Å². The highest BCUT2D eigenvalue weighted by Gasteiger charge is 2.21. The molecule has 4 rings (SSSR count). The van der Waals surface area contributed by atoms with E-state index in [9.17, 15) is 4.79 Å². The van der Waals surface area contributed by atoms with Crippen LogP contribution in [0.4, 0.5) is 0 Å². The third kappa shape index (κ3) is 4.92. The average Bonchev–Trinajstić information content (AvgIpc) is 3.40. The Morgan fingerprint density at radius 3 is 2.72 bits per heavy atom. The zero-order valence-corrected chi connectivity index (χ0v) is 19.8. The van der Waals surface area contributed by atoms with E-state index in [0.29, 0.717) is 41.6 Å². The van der Waals surface area contributed by atoms with E-state index in [2.05, 4.69) is 10.3 Å². The third-order valence-electron chi connectivity index (χ3n) is 4.99. The Bertz CT molecular complexity index is 1230. The number of aromatic nitrogens is 1. The zero-order chi connectivity index (χ0) is 22.5. The molecule has 2 heterocycles. The van der Waals surface area contributed by atoms with Crippen molar-refractivity contribution < 1.29 is 18.7 Å². The fourth-order valence-electron chi connectivity index (χ4n) is 3.39. The van der Waals surface area contributed by atoms with Gasteiger partial charge in [-0.1, -0.05) is 36.0 Å². The molecule has 32 heavy (non-hydrogen) atoms. The highest BCUT2D eigenvalue weighted by molar-refractivity contribution is 8.00. The van der Waals surface area contributed by atoms with Crippen molar-refractivity contribution >= 4 is 40.0 Å². The van der Waals surface area contributed by atoms with Crippen LogP contribution in [0.25, 0.3) is 11.0 Å². The lowest BCUT2D eigenvalue weighted by Gasteiger charge is -2.10. The first-order valence-electron chi connectivity index (χ1n) is 10.1. The first-order valence-corrected chi connectivity index (χ1v) is 12.0. The molecule has 0 saturated heterocycles. The van der Waals surface area contributed by atoms with Gasteiger partial charge in [0.05, 0.1) is 14.2 Å². The molecule has 0 spiro atoms. The third-order valence-corrected chi connectivity index (χ3v) is 7.15. The van der Waals surface area contributed by atoms with Crippen LogP contribution in [0.1, 0.15) is 27.4 Å². The van der Waals surface area contributed by atoms with Gasteiger partial charge >= 0.3 is 0 Å². The number of thioether (sulfide) groups is 1. The van der Waals surface area contributed by atoms with E-state index in [4.69, 9.17) is 13.9 Å². The summed E-state index contributed by atoms with van der Waals surface area (Å²) in [5.74, 6) is 2.11. The van der Waals surface area contributed by atoms with Crippen LogP contribution in [0.2, 0.25) is 0 Å². The molecular formula is C24H24N2O4S2. The predicted molar refractivity (Wildman–Crippen MR) is 128 cm³/mol. The van der Waals surface area contributed by atoms with Crippen molar-refractivity contribution in [1.82, 2.24) is 10.3 Å². The molecule has 1 N–H and O–H groups in total. The standard InChI is InChI=1S/C24H24N2O4S2/c1-15-13-31-24(26-15)32-14-18-17-6-4-5-7-19(17)30-22(18)23(27)25-11-10-16-8-9-20(28-2)21(12-16)29-3/h4-9,12-13H,10-11,14H2,1-3H3,(H,25,27). The van der Waals surface area contributed by atoms with Crippen molar-refractivity contribution in [1.29, 1.82) is 0 Å². The van der Waals surface area contributed by atoms with Crippen LogP contribution < -0.4 is 14.8 Å². The lowest BCUT2D eigenvalue weighted by atomic mass is 10.1. The number of aryl methyl sites for hydroxylation is 1. The first kappa shape index (κ1) is 22.2. The molecule has 1 amide bonds. The number of carbonyl (C=O) groups is 1. The Hall–Kier alpha value is -2.97. The minimum absolute atomic E-state index is 0.215. The number of nitrogens with zero attached hydrogens (tertiary/aromatic N) is 1. The Labute approximate surface area is 194 Å². The molecule has 8 heteroatoms. The molecule has 0 unspecified atom stereocenters. The van der Waals surface area contributed by atoms with Crippen molar-refractivity contribution in [2.75, 3.05) is 20.8 Å². The van der Waals surface area contributed by atoms with Gasteiger partial charge < -0.3 is 19.2 Å². The summed E-state index contributed by atoms with van der Waals surface area (Å²) in [6.07, 6.45) is 0.662. The van der Waals surface area contributed by atoms with Crippen LogP contribution >= 0.6 is 23.1 Å². The van der Waals surface area contributed by atoms with Gasteiger partial charge in [-0.05, 0) is 37.1 Å². The Morgan fingerprint density at radius 2 is 1.97 bits per heavy atom. The number of furan rings is 1. The highest BCUT2D eigenvalue weighted by atomic mass is 32.2. The topological polar surface area (TPSA) is 73.6 Å². The van der Waals surface area contributed by atoms with Gasteiger partial charge in [0, 0.05) is 34.3 Å². The number of hydrogen-bond acceptors (Lipinski definition) is 7. The summed E-state index contributed by atoms with van der Waals surface area (Å²) in [5.41, 5.74) is 3.65. The molecule has 2 aromatic heterocycles. The minimum atomic E-state index is -0.215. The maximum Gasteiger partial charge on any atom is 0.287 e. The minimum Gasteiger partial charge on any atom is -0.493 e. The average molecular weight is 469 g/mol. The number of nitrogens with one attached hydrogen (secondary N) is 1. The molecule has 0 fully saturated rings. The van der Waals surface area contributed by atoms with E-state index < -0.39 is 0 Å². The Balaban J connectivity index is 1.47. The molecule has 0 aliphatic carbocycles. The van der Waals surface area contributed by atoms with Crippen LogP contribution in [0.3, 0.4) is 0 Å². The summed E-state index contributed by atoms with van der Waals surface area (Å²) < 4.78 is 17.6. The second-order valence-electron chi connectivity index (χ2n) is 7.14. The van der Waals surface area contributed by atoms with Gasteiger partial charge in [0.15, 0.2) is 17.3 Å². The molecule has 166 valence electrons. The van der Waals surface area contributed by atoms with Crippen LogP contribution in [0.5, 0.6) is 11.5 Å². The van der Waals surface area contributed by atoms with Gasteiger partial charge in [-0.3, -0.25) is 4.79 Å². The summed E-state index contributed by atoms with van der Waals surface area (Å²) >= 11 is 3.22. The van der Waals surface area contributed by atoms with E-state index in [0.717, 1.165) is 26.5 Å². The van der Waals surface area contributed by atoms with Gasteiger partial charge in [0.2, 0.25) is 0 Å². The molecule has 0 aliphatic heterocycles. The van der Waals surface area contributed by atoms with Crippen molar-refractivity contribution in [2.24, 2.45) is 0 Å². The molecule has 0 bridgehead atoms. The molecule has 0 radical (unpaired) electrons. The second-order valence-corrected chi connectivity index (χ2v) is 9.23. The summed E-state index contributed by atoms with van der Waals surface area (Å²) in [7, 11) is 3.22. The number of hydrogen-bond donors (Lipinski definition) is 1.